The van der Waals surface area contributed by atoms with Gasteiger partial charge in [0.2, 0.25) is 0 Å². The maximum Gasteiger partial charge on any atom is 0.335 e. The first-order chi connectivity index (χ1) is 16.6. The summed E-state index contributed by atoms with van der Waals surface area (Å²) in [6.07, 6.45) is 8.28. The van der Waals surface area contributed by atoms with Crippen LogP contribution >= 0.6 is 0 Å². The number of hydrogen-bond acceptors (Lipinski definition) is 7. The number of hydrogen-bond donors (Lipinski definition) is 0. The van der Waals surface area contributed by atoms with Crippen molar-refractivity contribution in [2.24, 2.45) is 28.6 Å². The first-order valence-corrected chi connectivity index (χ1v) is 13.2. The van der Waals surface area contributed by atoms with Crippen molar-refractivity contribution in [3.63, 3.8) is 0 Å². The molecule has 2 unspecified atom stereocenters. The standard InChI is InChI=1S/C28H36O7/c1-15(29)33-19-9-11-26(3)18(13-19)6-7-21-20(26)10-12-27(4)23(17-5-8-22(31)32-14-17)24(34-16(2)30)25-28(21,27)35-25/h5,8,14,18-21,23-25H,6-7,9-13H2,1-4H3/t18-,19+,20+,21?,23+,24-,25-,26+,27-,28?/m1/s1. The predicted molar refractivity (Wildman–Crippen MR) is 125 cm³/mol. The average molecular weight is 485 g/mol. The minimum atomic E-state index is -0.380. The molecular formula is C28H36O7. The Morgan fingerprint density at radius 1 is 0.971 bits per heavy atom. The molecule has 6 rings (SSSR count). The highest BCUT2D eigenvalue weighted by atomic mass is 16.7. The third-order valence-electron chi connectivity index (χ3n) is 10.8. The normalized spacial score (nSPS) is 47.5. The van der Waals surface area contributed by atoms with E-state index in [0.717, 1.165) is 50.5 Å². The van der Waals surface area contributed by atoms with Crippen molar-refractivity contribution in [1.29, 1.82) is 0 Å². The third kappa shape index (κ3) is 3.15. The Morgan fingerprint density at radius 2 is 1.74 bits per heavy atom. The Labute approximate surface area is 205 Å². The van der Waals surface area contributed by atoms with Gasteiger partial charge in [-0.1, -0.05) is 13.8 Å². The number of fused-ring (bicyclic) bond motifs is 3. The van der Waals surface area contributed by atoms with E-state index in [-0.39, 0.29) is 58.2 Å². The van der Waals surface area contributed by atoms with E-state index in [4.69, 9.17) is 18.6 Å². The highest BCUT2D eigenvalue weighted by molar-refractivity contribution is 5.67. The fourth-order valence-electron chi connectivity index (χ4n) is 9.42. The number of esters is 2. The molecule has 5 fully saturated rings. The molecule has 0 N–H and O–H groups in total. The molecule has 2 heterocycles. The second kappa shape index (κ2) is 7.67. The van der Waals surface area contributed by atoms with Gasteiger partial charge >= 0.3 is 17.6 Å². The maximum absolute atomic E-state index is 12.1. The molecule has 7 nitrogen and oxygen atoms in total. The van der Waals surface area contributed by atoms with Crippen LogP contribution in [0.2, 0.25) is 0 Å². The van der Waals surface area contributed by atoms with Gasteiger partial charge in [0.25, 0.3) is 0 Å². The zero-order valence-corrected chi connectivity index (χ0v) is 21.1. The average Bonchev–Trinajstić information content (AvgIpc) is 3.49. The smallest absolute Gasteiger partial charge is 0.335 e. The zero-order valence-electron chi connectivity index (χ0n) is 21.1. The van der Waals surface area contributed by atoms with E-state index < -0.39 is 0 Å². The van der Waals surface area contributed by atoms with Gasteiger partial charge in [-0.2, -0.15) is 0 Å². The summed E-state index contributed by atoms with van der Waals surface area (Å²) in [5.74, 6) is 0.922. The molecule has 0 aromatic carbocycles. The maximum atomic E-state index is 12.1. The summed E-state index contributed by atoms with van der Waals surface area (Å²) in [7, 11) is 0. The molecule has 1 aromatic rings. The molecule has 190 valence electrons. The lowest BCUT2D eigenvalue weighted by Gasteiger charge is -2.61. The minimum absolute atomic E-state index is 0.0380. The summed E-state index contributed by atoms with van der Waals surface area (Å²) in [5, 5.41) is 0. The van der Waals surface area contributed by atoms with Crippen molar-refractivity contribution in [2.45, 2.75) is 102 Å². The zero-order chi connectivity index (χ0) is 24.8. The number of carbonyl (C=O) groups is 2. The highest BCUT2D eigenvalue weighted by Gasteiger charge is 2.84. The van der Waals surface area contributed by atoms with Crippen LogP contribution < -0.4 is 5.63 Å². The number of rotatable bonds is 3. The van der Waals surface area contributed by atoms with Gasteiger partial charge in [-0.05, 0) is 79.7 Å². The first-order valence-electron chi connectivity index (χ1n) is 13.2. The Bertz CT molecular complexity index is 1090. The van der Waals surface area contributed by atoms with Crippen LogP contribution in [0.4, 0.5) is 0 Å². The summed E-state index contributed by atoms with van der Waals surface area (Å²) >= 11 is 0. The quantitative estimate of drug-likeness (QED) is 0.464. The van der Waals surface area contributed by atoms with E-state index in [1.807, 2.05) is 6.07 Å². The summed E-state index contributed by atoms with van der Waals surface area (Å²) < 4.78 is 23.5. The van der Waals surface area contributed by atoms with E-state index in [2.05, 4.69) is 13.8 Å². The van der Waals surface area contributed by atoms with Crippen LogP contribution in [0.15, 0.2) is 27.6 Å². The third-order valence-corrected chi connectivity index (χ3v) is 10.8. The summed E-state index contributed by atoms with van der Waals surface area (Å²) in [5.41, 5.74) is 0.194. The fraction of sp³-hybridized carbons (Fsp3) is 0.750. The van der Waals surface area contributed by atoms with Gasteiger partial charge in [-0.3, -0.25) is 9.59 Å². The fourth-order valence-corrected chi connectivity index (χ4v) is 9.42. The van der Waals surface area contributed by atoms with Crippen molar-refractivity contribution in [3.8, 4) is 0 Å². The second-order valence-electron chi connectivity index (χ2n) is 12.2. The minimum Gasteiger partial charge on any atom is -0.463 e. The van der Waals surface area contributed by atoms with Crippen LogP contribution in [0, 0.1) is 28.6 Å². The monoisotopic (exact) mass is 484 g/mol. The van der Waals surface area contributed by atoms with Gasteiger partial charge < -0.3 is 18.6 Å². The molecule has 5 aliphatic rings. The molecule has 1 aliphatic heterocycles. The lowest BCUT2D eigenvalue weighted by Crippen LogP contribution is -2.58. The van der Waals surface area contributed by atoms with E-state index in [1.165, 1.54) is 19.9 Å². The van der Waals surface area contributed by atoms with Crippen LogP contribution in [0.3, 0.4) is 0 Å². The van der Waals surface area contributed by atoms with Gasteiger partial charge in [-0.15, -0.1) is 0 Å². The van der Waals surface area contributed by atoms with Gasteiger partial charge in [0.1, 0.15) is 23.9 Å². The van der Waals surface area contributed by atoms with Gasteiger partial charge in [0.05, 0.1) is 6.26 Å². The molecule has 35 heavy (non-hydrogen) atoms. The first kappa shape index (κ1) is 23.3. The summed E-state index contributed by atoms with van der Waals surface area (Å²) in [6.45, 7) is 7.72. The van der Waals surface area contributed by atoms with Gasteiger partial charge in [-0.25, -0.2) is 4.79 Å². The Kier molecular flexibility index (Phi) is 5.10. The van der Waals surface area contributed by atoms with E-state index >= 15 is 0 Å². The molecule has 4 saturated carbocycles. The topological polar surface area (TPSA) is 95.3 Å². The number of epoxide rings is 1. The summed E-state index contributed by atoms with van der Waals surface area (Å²) in [6, 6.07) is 3.29. The van der Waals surface area contributed by atoms with Crippen LogP contribution in [0.5, 0.6) is 0 Å². The predicted octanol–water partition coefficient (Wildman–Crippen LogP) is 4.37. The number of carbonyl (C=O) groups excluding carboxylic acids is 2. The van der Waals surface area contributed by atoms with Crippen molar-refractivity contribution >= 4 is 11.9 Å². The van der Waals surface area contributed by atoms with Crippen molar-refractivity contribution in [3.05, 3.63) is 34.4 Å². The molecule has 0 bridgehead atoms. The lowest BCUT2D eigenvalue weighted by atomic mass is 9.44. The Balaban J connectivity index is 1.34. The van der Waals surface area contributed by atoms with Crippen LogP contribution in [-0.4, -0.2) is 35.9 Å². The molecular weight excluding hydrogens is 448 g/mol. The van der Waals surface area contributed by atoms with E-state index in [0.29, 0.717) is 17.8 Å². The highest BCUT2D eigenvalue weighted by Crippen LogP contribution is 2.78. The molecule has 1 aromatic heterocycles. The number of ether oxygens (including phenoxy) is 3. The van der Waals surface area contributed by atoms with Gasteiger partial charge in [0.15, 0.2) is 0 Å². The molecule has 1 saturated heterocycles. The lowest BCUT2D eigenvalue weighted by molar-refractivity contribution is -0.166. The molecule has 7 heteroatoms. The van der Waals surface area contributed by atoms with Crippen molar-refractivity contribution in [1.82, 2.24) is 0 Å². The second-order valence-corrected chi connectivity index (χ2v) is 12.2. The van der Waals surface area contributed by atoms with Crippen molar-refractivity contribution in [2.75, 3.05) is 0 Å². The SMILES string of the molecule is CC(=O)O[C@H]1CC[C@@]2(C)[C@H](CCC3[C@@H]2CC[C@]2(C)[C@@H](c4ccc(=O)oc4)[C@@H](OC(C)=O)[C@H]4OC342)C1. The van der Waals surface area contributed by atoms with Gasteiger partial charge in [0, 0.05) is 31.2 Å². The summed E-state index contributed by atoms with van der Waals surface area (Å²) in [4.78, 5) is 35.4. The van der Waals surface area contributed by atoms with Crippen molar-refractivity contribution < 1.29 is 28.2 Å². The van der Waals surface area contributed by atoms with E-state index in [9.17, 15) is 14.4 Å². The molecule has 1 spiro atoms. The molecule has 10 atom stereocenters. The van der Waals surface area contributed by atoms with Crippen LogP contribution in [0.1, 0.15) is 84.1 Å². The van der Waals surface area contributed by atoms with E-state index in [1.54, 1.807) is 6.26 Å². The molecule has 4 aliphatic carbocycles. The Hall–Kier alpha value is -2.15. The Morgan fingerprint density at radius 3 is 2.43 bits per heavy atom. The largest absolute Gasteiger partial charge is 0.463 e. The van der Waals surface area contributed by atoms with Crippen LogP contribution in [0.25, 0.3) is 0 Å². The van der Waals surface area contributed by atoms with Crippen LogP contribution in [-0.2, 0) is 23.8 Å². The molecule has 0 radical (unpaired) electrons. The molecule has 0 amide bonds.